The molecule has 0 spiro atoms. The fourth-order valence-corrected chi connectivity index (χ4v) is 5.25. The first-order chi connectivity index (χ1) is 20.0. The summed E-state index contributed by atoms with van der Waals surface area (Å²) in [4.78, 5) is 16.6. The molecule has 6 rings (SSSR count). The number of sulfonamides is 1. The molecule has 0 aliphatic carbocycles. The molecule has 0 atom stereocenters. The van der Waals surface area contributed by atoms with Gasteiger partial charge in [0.2, 0.25) is 10.0 Å². The minimum absolute atomic E-state index is 0.0618. The Hall–Kier alpha value is -4.75. The summed E-state index contributed by atoms with van der Waals surface area (Å²) in [6.45, 7) is 3.95. The van der Waals surface area contributed by atoms with Gasteiger partial charge in [-0.05, 0) is 61.4 Å². The summed E-state index contributed by atoms with van der Waals surface area (Å²) in [5.41, 5.74) is 5.13. The molecular weight excluding hydrogens is 562 g/mol. The summed E-state index contributed by atoms with van der Waals surface area (Å²) in [5.74, 6) is -0.562. The van der Waals surface area contributed by atoms with Crippen LogP contribution in [0.2, 0.25) is 0 Å². The Labute approximate surface area is 239 Å². The van der Waals surface area contributed by atoms with Gasteiger partial charge in [-0.1, -0.05) is 0 Å². The normalized spacial score (nSPS) is 12.0. The number of imidazole rings is 1. The molecule has 42 heavy (non-hydrogen) atoms. The highest BCUT2D eigenvalue weighted by molar-refractivity contribution is 7.88. The molecule has 4 aromatic heterocycles. The molecule has 10 nitrogen and oxygen atoms in total. The third kappa shape index (κ3) is 5.56. The molecule has 0 aliphatic rings. The smallest absolute Gasteiger partial charge is 0.209 e. The number of aromatic nitrogens is 6. The van der Waals surface area contributed by atoms with E-state index < -0.39 is 21.7 Å². The van der Waals surface area contributed by atoms with Crippen molar-refractivity contribution in [2.75, 3.05) is 11.6 Å². The molecular formula is C29H26F2N8O2S. The summed E-state index contributed by atoms with van der Waals surface area (Å²) in [7, 11) is -3.46. The number of anilines is 1. The first-order valence-electron chi connectivity index (χ1n) is 13.0. The fourth-order valence-electron chi connectivity index (χ4n) is 4.82. The SMILES string of the molecule is CC(C)Nc1cncc(-c2cc3c(-c4nc5c(-c6cc(F)cc(CNS(C)(=O)=O)c6)ccnc5[nH]4)n[nH]c3cc2F)c1. The zero-order valence-corrected chi connectivity index (χ0v) is 23.6. The second kappa shape index (κ2) is 10.6. The molecule has 2 aromatic carbocycles. The highest BCUT2D eigenvalue weighted by Gasteiger charge is 2.19. The van der Waals surface area contributed by atoms with E-state index in [1.54, 1.807) is 36.8 Å². The quantitative estimate of drug-likeness (QED) is 0.187. The average molecular weight is 589 g/mol. The number of nitrogens with one attached hydrogen (secondary N) is 4. The standard InChI is InChI=1S/C29H26F2N8O2S/c1-15(2)35-20-9-18(13-32-14-20)22-10-23-25(11-24(22)31)38-39-27(23)29-36-26-21(4-5-33-28(26)37-29)17-6-16(7-19(30)8-17)12-34-42(3,40)41/h4-11,13-15,34-35H,12H2,1-3H3,(H,38,39)(H,33,36,37). The molecule has 13 heteroatoms. The monoisotopic (exact) mass is 588 g/mol. The van der Waals surface area contributed by atoms with Crippen LogP contribution in [0, 0.1) is 11.6 Å². The first kappa shape index (κ1) is 27.4. The van der Waals surface area contributed by atoms with Crippen molar-refractivity contribution in [1.82, 2.24) is 34.9 Å². The van der Waals surface area contributed by atoms with Crippen molar-refractivity contribution >= 4 is 37.8 Å². The lowest BCUT2D eigenvalue weighted by molar-refractivity contribution is 0.586. The Balaban J connectivity index is 1.42. The largest absolute Gasteiger partial charge is 0.382 e. The van der Waals surface area contributed by atoms with Crippen LogP contribution in [0.4, 0.5) is 14.5 Å². The van der Waals surface area contributed by atoms with Gasteiger partial charge in [-0.3, -0.25) is 10.1 Å². The van der Waals surface area contributed by atoms with E-state index in [0.29, 0.717) is 61.4 Å². The van der Waals surface area contributed by atoms with Crippen LogP contribution >= 0.6 is 0 Å². The number of H-pyrrole nitrogens is 2. The number of pyridine rings is 2. The van der Waals surface area contributed by atoms with E-state index in [0.717, 1.165) is 11.9 Å². The second-order valence-electron chi connectivity index (χ2n) is 10.3. The van der Waals surface area contributed by atoms with Crippen molar-refractivity contribution in [3.05, 3.63) is 78.3 Å². The summed E-state index contributed by atoms with van der Waals surface area (Å²) < 4.78 is 55.2. The van der Waals surface area contributed by atoms with Gasteiger partial charge in [-0.15, -0.1) is 0 Å². The van der Waals surface area contributed by atoms with Gasteiger partial charge in [-0.25, -0.2) is 31.9 Å². The lowest BCUT2D eigenvalue weighted by Crippen LogP contribution is -2.21. The van der Waals surface area contributed by atoms with Crippen LogP contribution in [-0.2, 0) is 16.6 Å². The Kier molecular flexibility index (Phi) is 6.91. The van der Waals surface area contributed by atoms with Crippen LogP contribution in [0.15, 0.2) is 61.1 Å². The molecule has 0 fully saturated rings. The van der Waals surface area contributed by atoms with E-state index in [2.05, 4.69) is 35.2 Å². The van der Waals surface area contributed by atoms with Gasteiger partial charge in [0.15, 0.2) is 11.5 Å². The van der Waals surface area contributed by atoms with E-state index in [9.17, 15) is 12.8 Å². The van der Waals surface area contributed by atoms with E-state index in [1.807, 2.05) is 19.9 Å². The summed E-state index contributed by atoms with van der Waals surface area (Å²) in [6.07, 6.45) is 5.90. The molecule has 0 amide bonds. The minimum atomic E-state index is -3.46. The van der Waals surface area contributed by atoms with Crippen LogP contribution in [0.3, 0.4) is 0 Å². The van der Waals surface area contributed by atoms with Gasteiger partial charge < -0.3 is 10.3 Å². The second-order valence-corrected chi connectivity index (χ2v) is 12.1. The van der Waals surface area contributed by atoms with Crippen LogP contribution in [0.25, 0.3) is 55.8 Å². The average Bonchev–Trinajstić information content (AvgIpc) is 3.54. The number of hydrogen-bond donors (Lipinski definition) is 4. The van der Waals surface area contributed by atoms with Crippen molar-refractivity contribution in [3.8, 4) is 33.8 Å². The van der Waals surface area contributed by atoms with E-state index in [1.165, 1.54) is 18.2 Å². The van der Waals surface area contributed by atoms with Crippen molar-refractivity contribution in [2.45, 2.75) is 26.4 Å². The summed E-state index contributed by atoms with van der Waals surface area (Å²) >= 11 is 0. The third-order valence-corrected chi connectivity index (χ3v) is 7.24. The highest BCUT2D eigenvalue weighted by Crippen LogP contribution is 2.34. The number of rotatable bonds is 8. The number of aromatic amines is 2. The maximum absolute atomic E-state index is 15.2. The van der Waals surface area contributed by atoms with Gasteiger partial charge in [0.25, 0.3) is 0 Å². The molecule has 0 aliphatic heterocycles. The molecule has 214 valence electrons. The van der Waals surface area contributed by atoms with Crippen LogP contribution < -0.4 is 10.0 Å². The predicted molar refractivity (Wildman–Crippen MR) is 158 cm³/mol. The third-order valence-electron chi connectivity index (χ3n) is 6.57. The summed E-state index contributed by atoms with van der Waals surface area (Å²) in [5, 5.41) is 11.2. The Morgan fingerprint density at radius 1 is 1.00 bits per heavy atom. The number of benzene rings is 2. The van der Waals surface area contributed by atoms with Gasteiger partial charge in [0, 0.05) is 59.3 Å². The van der Waals surface area contributed by atoms with E-state index in [4.69, 9.17) is 4.98 Å². The van der Waals surface area contributed by atoms with Crippen LogP contribution in [0.5, 0.6) is 0 Å². The molecule has 0 saturated carbocycles. The maximum Gasteiger partial charge on any atom is 0.209 e. The van der Waals surface area contributed by atoms with E-state index in [-0.39, 0.29) is 12.6 Å². The van der Waals surface area contributed by atoms with Crippen molar-refractivity contribution in [2.24, 2.45) is 0 Å². The molecule has 6 aromatic rings. The molecule has 4 heterocycles. The highest BCUT2D eigenvalue weighted by atomic mass is 32.2. The Morgan fingerprint density at radius 3 is 2.62 bits per heavy atom. The van der Waals surface area contributed by atoms with Crippen molar-refractivity contribution < 1.29 is 17.2 Å². The summed E-state index contributed by atoms with van der Waals surface area (Å²) in [6, 6.07) is 11.1. The Morgan fingerprint density at radius 2 is 1.83 bits per heavy atom. The lowest BCUT2D eigenvalue weighted by atomic mass is 10.0. The number of fused-ring (bicyclic) bond motifs is 2. The van der Waals surface area contributed by atoms with Gasteiger partial charge in [0.05, 0.1) is 17.5 Å². The van der Waals surface area contributed by atoms with Crippen molar-refractivity contribution in [1.29, 1.82) is 0 Å². The topological polar surface area (TPSA) is 141 Å². The number of nitrogens with zero attached hydrogens (tertiary/aromatic N) is 4. The predicted octanol–water partition coefficient (Wildman–Crippen LogP) is 5.38. The fraction of sp³-hybridized carbons (Fsp3) is 0.172. The molecule has 0 unspecified atom stereocenters. The minimum Gasteiger partial charge on any atom is -0.382 e. The molecule has 0 bridgehead atoms. The van der Waals surface area contributed by atoms with Gasteiger partial charge >= 0.3 is 0 Å². The van der Waals surface area contributed by atoms with Gasteiger partial charge in [0.1, 0.15) is 22.8 Å². The van der Waals surface area contributed by atoms with E-state index >= 15 is 4.39 Å². The first-order valence-corrected chi connectivity index (χ1v) is 14.9. The Bertz CT molecular complexity index is 2070. The molecule has 0 radical (unpaired) electrons. The molecule has 4 N–H and O–H groups in total. The molecule has 0 saturated heterocycles. The van der Waals surface area contributed by atoms with Crippen molar-refractivity contribution in [3.63, 3.8) is 0 Å². The van der Waals surface area contributed by atoms with Crippen LogP contribution in [0.1, 0.15) is 19.4 Å². The zero-order chi connectivity index (χ0) is 29.6. The maximum atomic E-state index is 15.2. The zero-order valence-electron chi connectivity index (χ0n) is 22.8. The van der Waals surface area contributed by atoms with Gasteiger partial charge in [-0.2, -0.15) is 5.10 Å². The lowest BCUT2D eigenvalue weighted by Gasteiger charge is -2.11. The number of halogens is 2. The van der Waals surface area contributed by atoms with Crippen LogP contribution in [-0.4, -0.2) is 50.8 Å². The number of hydrogen-bond acceptors (Lipinski definition) is 7.